The Labute approximate surface area is 170 Å². The number of benzene rings is 1. The van der Waals surface area contributed by atoms with Gasteiger partial charge in [-0.15, -0.1) is 5.10 Å². The molecule has 1 aromatic carbocycles. The Bertz CT molecular complexity index is 923. The zero-order valence-electron chi connectivity index (χ0n) is 16.3. The molecule has 1 amide bonds. The van der Waals surface area contributed by atoms with Gasteiger partial charge in [0.25, 0.3) is 0 Å². The Hall–Kier alpha value is -2.33. The third-order valence-electron chi connectivity index (χ3n) is 5.79. The predicted octanol–water partition coefficient (Wildman–Crippen LogP) is 1.51. The van der Waals surface area contributed by atoms with Crippen LogP contribution in [0.25, 0.3) is 5.69 Å². The summed E-state index contributed by atoms with van der Waals surface area (Å²) < 4.78 is 29.1. The highest BCUT2D eigenvalue weighted by Crippen LogP contribution is 2.25. The van der Waals surface area contributed by atoms with Crippen molar-refractivity contribution in [2.24, 2.45) is 5.92 Å². The van der Waals surface area contributed by atoms with Crippen LogP contribution in [0, 0.1) is 5.92 Å². The van der Waals surface area contributed by atoms with E-state index in [1.165, 1.54) is 21.7 Å². The average molecular weight is 419 g/mol. The Morgan fingerprint density at radius 1 is 1.03 bits per heavy atom. The van der Waals surface area contributed by atoms with Gasteiger partial charge in [0.1, 0.15) is 6.33 Å². The molecule has 0 radical (unpaired) electrons. The van der Waals surface area contributed by atoms with E-state index in [4.69, 9.17) is 0 Å². The van der Waals surface area contributed by atoms with E-state index in [0.717, 1.165) is 32.1 Å². The molecule has 156 valence electrons. The van der Waals surface area contributed by atoms with Crippen molar-refractivity contribution in [3.05, 3.63) is 30.6 Å². The minimum Gasteiger partial charge on any atom is -0.353 e. The first-order valence-electron chi connectivity index (χ1n) is 10.2. The standard InChI is InChI=1S/C19H26N6O3S/c26-19(21-16-6-2-1-3-7-16)15-5-4-12-24(13-15)29(27,28)18-10-8-17(9-11-18)25-14-20-22-23-25/h8-11,14-16H,1-7,12-13H2,(H,21,26). The van der Waals surface area contributed by atoms with Gasteiger partial charge in [0.15, 0.2) is 0 Å². The van der Waals surface area contributed by atoms with Crippen molar-refractivity contribution in [1.82, 2.24) is 29.8 Å². The molecule has 2 fully saturated rings. The van der Waals surface area contributed by atoms with E-state index in [2.05, 4.69) is 20.8 Å². The highest BCUT2D eigenvalue weighted by Gasteiger charge is 2.34. The number of nitrogens with zero attached hydrogens (tertiary/aromatic N) is 5. The van der Waals surface area contributed by atoms with Crippen molar-refractivity contribution in [3.8, 4) is 5.69 Å². The molecule has 1 saturated heterocycles. The number of aromatic nitrogens is 4. The van der Waals surface area contributed by atoms with Crippen LogP contribution in [-0.2, 0) is 14.8 Å². The van der Waals surface area contributed by atoms with Crippen LogP contribution in [0.15, 0.2) is 35.5 Å². The fourth-order valence-electron chi connectivity index (χ4n) is 4.14. The number of piperidine rings is 1. The lowest BCUT2D eigenvalue weighted by Gasteiger charge is -2.32. The van der Waals surface area contributed by atoms with Crippen molar-refractivity contribution < 1.29 is 13.2 Å². The predicted molar refractivity (Wildman–Crippen MR) is 106 cm³/mol. The third-order valence-corrected chi connectivity index (χ3v) is 7.67. The number of sulfonamides is 1. The summed E-state index contributed by atoms with van der Waals surface area (Å²) in [5, 5.41) is 14.1. The zero-order valence-corrected chi connectivity index (χ0v) is 17.1. The molecule has 10 heteroatoms. The summed E-state index contributed by atoms with van der Waals surface area (Å²) in [5.41, 5.74) is 0.678. The first kappa shape index (κ1) is 20.0. The van der Waals surface area contributed by atoms with Gasteiger partial charge in [0, 0.05) is 19.1 Å². The molecule has 1 unspecified atom stereocenters. The highest BCUT2D eigenvalue weighted by molar-refractivity contribution is 7.89. The van der Waals surface area contributed by atoms with Crippen molar-refractivity contribution in [3.63, 3.8) is 0 Å². The van der Waals surface area contributed by atoms with Crippen LogP contribution in [0.4, 0.5) is 0 Å². The smallest absolute Gasteiger partial charge is 0.243 e. The van der Waals surface area contributed by atoms with E-state index < -0.39 is 10.0 Å². The van der Waals surface area contributed by atoms with Crippen LogP contribution >= 0.6 is 0 Å². The third kappa shape index (κ3) is 4.48. The second-order valence-corrected chi connectivity index (χ2v) is 9.73. The second kappa shape index (κ2) is 8.58. The molecule has 29 heavy (non-hydrogen) atoms. The van der Waals surface area contributed by atoms with Crippen LogP contribution in [0.5, 0.6) is 0 Å². The van der Waals surface area contributed by atoms with Gasteiger partial charge >= 0.3 is 0 Å². The van der Waals surface area contributed by atoms with Gasteiger partial charge < -0.3 is 5.32 Å². The van der Waals surface area contributed by atoms with Gasteiger partial charge in [0.2, 0.25) is 15.9 Å². The zero-order chi connectivity index (χ0) is 20.3. The number of rotatable bonds is 5. The van der Waals surface area contributed by atoms with Crippen LogP contribution in [-0.4, -0.2) is 58.0 Å². The van der Waals surface area contributed by atoms with E-state index in [0.29, 0.717) is 18.7 Å². The van der Waals surface area contributed by atoms with Gasteiger partial charge in [-0.05, 0) is 60.4 Å². The summed E-state index contributed by atoms with van der Waals surface area (Å²) >= 11 is 0. The monoisotopic (exact) mass is 418 g/mol. The molecule has 2 aliphatic rings. The molecule has 1 aliphatic carbocycles. The average Bonchev–Trinajstić information content (AvgIpc) is 3.30. The van der Waals surface area contributed by atoms with E-state index in [9.17, 15) is 13.2 Å². The maximum atomic E-state index is 13.1. The SMILES string of the molecule is O=C(NC1CCCCC1)C1CCCN(S(=O)(=O)c2ccc(-n3cnnn3)cc2)C1. The summed E-state index contributed by atoms with van der Waals surface area (Å²) in [5.74, 6) is -0.299. The maximum Gasteiger partial charge on any atom is 0.243 e. The topological polar surface area (TPSA) is 110 Å². The number of hydrogen-bond donors (Lipinski definition) is 1. The molecule has 2 heterocycles. The molecule has 4 rings (SSSR count). The fraction of sp³-hybridized carbons (Fsp3) is 0.579. The highest BCUT2D eigenvalue weighted by atomic mass is 32.2. The molecule has 1 atom stereocenters. The molecule has 1 aromatic heterocycles. The largest absolute Gasteiger partial charge is 0.353 e. The lowest BCUT2D eigenvalue weighted by atomic mass is 9.93. The van der Waals surface area contributed by atoms with Gasteiger partial charge in [-0.1, -0.05) is 19.3 Å². The van der Waals surface area contributed by atoms with Crippen LogP contribution < -0.4 is 5.32 Å². The fourth-order valence-corrected chi connectivity index (χ4v) is 5.66. The molecular weight excluding hydrogens is 392 g/mol. The Kier molecular flexibility index (Phi) is 5.91. The van der Waals surface area contributed by atoms with Crippen LogP contribution in [0.1, 0.15) is 44.9 Å². The molecule has 2 aromatic rings. The van der Waals surface area contributed by atoms with Crippen molar-refractivity contribution >= 4 is 15.9 Å². The van der Waals surface area contributed by atoms with Gasteiger partial charge in [-0.2, -0.15) is 4.31 Å². The molecule has 1 saturated carbocycles. The molecule has 0 bridgehead atoms. The Morgan fingerprint density at radius 2 is 1.79 bits per heavy atom. The first-order valence-corrected chi connectivity index (χ1v) is 11.6. The van der Waals surface area contributed by atoms with E-state index >= 15 is 0 Å². The number of carbonyl (C=O) groups excluding carboxylic acids is 1. The van der Waals surface area contributed by atoms with Crippen LogP contribution in [0.3, 0.4) is 0 Å². The number of carbonyl (C=O) groups is 1. The molecule has 1 N–H and O–H groups in total. The van der Waals surface area contributed by atoms with E-state index in [-0.39, 0.29) is 29.3 Å². The summed E-state index contributed by atoms with van der Waals surface area (Å²) in [4.78, 5) is 12.9. The Balaban J connectivity index is 1.43. The second-order valence-electron chi connectivity index (χ2n) is 7.79. The molecular formula is C19H26N6O3S. The quantitative estimate of drug-likeness (QED) is 0.788. The van der Waals surface area contributed by atoms with Gasteiger partial charge in [-0.3, -0.25) is 4.79 Å². The lowest BCUT2D eigenvalue weighted by Crippen LogP contribution is -2.47. The van der Waals surface area contributed by atoms with Gasteiger partial charge in [0.05, 0.1) is 16.5 Å². The Morgan fingerprint density at radius 3 is 2.48 bits per heavy atom. The summed E-state index contributed by atoms with van der Waals surface area (Å²) in [6, 6.07) is 6.68. The summed E-state index contributed by atoms with van der Waals surface area (Å²) in [6.07, 6.45) is 8.43. The molecule has 9 nitrogen and oxygen atoms in total. The van der Waals surface area contributed by atoms with Crippen molar-refractivity contribution in [2.45, 2.75) is 55.9 Å². The minimum atomic E-state index is -3.65. The minimum absolute atomic E-state index is 0.00849. The molecule has 1 aliphatic heterocycles. The van der Waals surface area contributed by atoms with E-state index in [1.807, 2.05) is 0 Å². The maximum absolute atomic E-state index is 13.1. The first-order chi connectivity index (χ1) is 14.0. The van der Waals surface area contributed by atoms with Gasteiger partial charge in [-0.25, -0.2) is 13.1 Å². The lowest BCUT2D eigenvalue weighted by molar-refractivity contribution is -0.127. The number of tetrazole rings is 1. The summed E-state index contributed by atoms with van der Waals surface area (Å²) in [7, 11) is -3.65. The normalized spacial score (nSPS) is 21.7. The number of hydrogen-bond acceptors (Lipinski definition) is 6. The van der Waals surface area contributed by atoms with Crippen molar-refractivity contribution in [2.75, 3.05) is 13.1 Å². The summed E-state index contributed by atoms with van der Waals surface area (Å²) in [6.45, 7) is 0.667. The van der Waals surface area contributed by atoms with E-state index in [1.54, 1.807) is 24.3 Å². The number of nitrogens with one attached hydrogen (secondary N) is 1. The molecule has 0 spiro atoms. The van der Waals surface area contributed by atoms with Crippen molar-refractivity contribution in [1.29, 1.82) is 0 Å². The number of amides is 1. The van der Waals surface area contributed by atoms with Crippen LogP contribution in [0.2, 0.25) is 0 Å².